The predicted octanol–water partition coefficient (Wildman–Crippen LogP) is 4.42. The van der Waals surface area contributed by atoms with E-state index in [1.807, 2.05) is 11.0 Å². The van der Waals surface area contributed by atoms with Crippen molar-refractivity contribution >= 4 is 11.8 Å². The standard InChI is InChI=1S/C29H39F2N3O5/c1-37-13-14-39-26-16-22(15-25(18-26)38-12-9-30)23(17-27(35)36)19-34-11-8-29(31,20-34)7-6-24-5-4-21-3-2-10-32-28(21)33-24/h4-5,15-16,18,23H,2-3,6-14,17,19-20H2,1H3,(H,32,33)(H,35,36)/t23?,29-/m0/s1. The fourth-order valence-electron chi connectivity index (χ4n) is 5.34. The highest BCUT2D eigenvalue weighted by Gasteiger charge is 2.39. The van der Waals surface area contributed by atoms with Gasteiger partial charge < -0.3 is 24.6 Å². The summed E-state index contributed by atoms with van der Waals surface area (Å²) in [5.41, 5.74) is 1.43. The van der Waals surface area contributed by atoms with Crippen molar-refractivity contribution in [2.75, 3.05) is 65.1 Å². The summed E-state index contributed by atoms with van der Waals surface area (Å²) in [5, 5.41) is 13.0. The van der Waals surface area contributed by atoms with Crippen molar-refractivity contribution in [2.24, 2.45) is 0 Å². The van der Waals surface area contributed by atoms with Crippen molar-refractivity contribution < 1.29 is 32.9 Å². The van der Waals surface area contributed by atoms with E-state index in [4.69, 9.17) is 19.2 Å². The molecule has 0 saturated carbocycles. The summed E-state index contributed by atoms with van der Waals surface area (Å²) in [7, 11) is 1.57. The number of fused-ring (bicyclic) bond motifs is 1. The van der Waals surface area contributed by atoms with Gasteiger partial charge in [-0.1, -0.05) is 6.07 Å². The van der Waals surface area contributed by atoms with Gasteiger partial charge in [0.2, 0.25) is 0 Å². The highest BCUT2D eigenvalue weighted by molar-refractivity contribution is 5.68. The van der Waals surface area contributed by atoms with Crippen molar-refractivity contribution in [3.63, 3.8) is 0 Å². The second kappa shape index (κ2) is 13.9. The number of hydrogen-bond acceptors (Lipinski definition) is 7. The normalized spacial score (nSPS) is 19.8. The molecule has 1 fully saturated rings. The molecule has 214 valence electrons. The van der Waals surface area contributed by atoms with Crippen LogP contribution in [-0.4, -0.2) is 86.4 Å². The number of carbonyl (C=O) groups is 1. The Balaban J connectivity index is 1.42. The number of alkyl halides is 2. The molecule has 1 aromatic carbocycles. The van der Waals surface area contributed by atoms with Crippen LogP contribution in [0.2, 0.25) is 0 Å². The third-order valence-corrected chi connectivity index (χ3v) is 7.34. The molecular weight excluding hydrogens is 508 g/mol. The first kappa shape index (κ1) is 29.0. The number of methoxy groups -OCH3 is 1. The van der Waals surface area contributed by atoms with Crippen LogP contribution < -0.4 is 14.8 Å². The fourth-order valence-corrected chi connectivity index (χ4v) is 5.34. The first-order valence-electron chi connectivity index (χ1n) is 13.7. The lowest BCUT2D eigenvalue weighted by Crippen LogP contribution is -2.33. The molecule has 39 heavy (non-hydrogen) atoms. The average molecular weight is 548 g/mol. The summed E-state index contributed by atoms with van der Waals surface area (Å²) in [6, 6.07) is 9.24. The third-order valence-electron chi connectivity index (χ3n) is 7.34. The van der Waals surface area contributed by atoms with E-state index in [1.54, 1.807) is 25.3 Å². The maximum atomic E-state index is 15.9. The Bertz CT molecular complexity index is 1100. The zero-order chi connectivity index (χ0) is 27.7. The number of hydrogen-bond donors (Lipinski definition) is 2. The van der Waals surface area contributed by atoms with E-state index in [0.29, 0.717) is 62.6 Å². The van der Waals surface area contributed by atoms with Crippen molar-refractivity contribution in [1.29, 1.82) is 0 Å². The largest absolute Gasteiger partial charge is 0.491 e. The van der Waals surface area contributed by atoms with Crippen molar-refractivity contribution in [3.8, 4) is 11.5 Å². The number of rotatable bonds is 15. The summed E-state index contributed by atoms with van der Waals surface area (Å²) in [4.78, 5) is 18.5. The first-order chi connectivity index (χ1) is 18.9. The molecule has 2 atom stereocenters. The van der Waals surface area contributed by atoms with Gasteiger partial charge >= 0.3 is 5.97 Å². The molecule has 4 rings (SSSR count). The van der Waals surface area contributed by atoms with Gasteiger partial charge in [0, 0.05) is 51.0 Å². The van der Waals surface area contributed by atoms with E-state index in [9.17, 15) is 14.3 Å². The molecule has 0 amide bonds. The summed E-state index contributed by atoms with van der Waals surface area (Å²) in [5.74, 6) is 0.439. The molecule has 2 aromatic rings. The van der Waals surface area contributed by atoms with Crippen molar-refractivity contribution in [2.45, 2.75) is 50.1 Å². The maximum absolute atomic E-state index is 15.9. The smallest absolute Gasteiger partial charge is 0.304 e. The van der Waals surface area contributed by atoms with E-state index in [1.165, 1.54) is 5.56 Å². The monoisotopic (exact) mass is 547 g/mol. The molecule has 2 N–H and O–H groups in total. The number of aryl methyl sites for hydroxylation is 2. The molecule has 10 heteroatoms. The number of carboxylic acid groups (broad SMARTS) is 1. The number of likely N-dealkylation sites (tertiary alicyclic amines) is 1. The Labute approximate surface area is 228 Å². The summed E-state index contributed by atoms with van der Waals surface area (Å²) in [6.45, 7) is 1.99. The van der Waals surface area contributed by atoms with Crippen LogP contribution in [0.1, 0.15) is 48.4 Å². The van der Waals surface area contributed by atoms with Crippen LogP contribution in [0.4, 0.5) is 14.6 Å². The van der Waals surface area contributed by atoms with E-state index in [-0.39, 0.29) is 19.6 Å². The SMILES string of the molecule is COCCOc1cc(OCCF)cc(C(CC(=O)O)CN2CC[C@@](F)(CCc3ccc4c(n3)NCCC4)C2)c1. The minimum absolute atomic E-state index is 0.115. The van der Waals surface area contributed by atoms with Crippen molar-refractivity contribution in [3.05, 3.63) is 47.2 Å². The molecule has 2 aliphatic heterocycles. The van der Waals surface area contributed by atoms with E-state index >= 15 is 4.39 Å². The zero-order valence-corrected chi connectivity index (χ0v) is 22.6. The van der Waals surface area contributed by atoms with E-state index in [2.05, 4.69) is 11.4 Å². The highest BCUT2D eigenvalue weighted by Crippen LogP contribution is 2.35. The average Bonchev–Trinajstić information content (AvgIpc) is 3.30. The number of benzene rings is 1. The molecule has 0 bridgehead atoms. The Morgan fingerprint density at radius 2 is 2.00 bits per heavy atom. The van der Waals surface area contributed by atoms with E-state index in [0.717, 1.165) is 30.9 Å². The lowest BCUT2D eigenvalue weighted by atomic mass is 9.94. The molecule has 0 spiro atoms. The van der Waals surface area contributed by atoms with Gasteiger partial charge in [0.15, 0.2) is 0 Å². The number of anilines is 1. The Morgan fingerprint density at radius 3 is 2.74 bits per heavy atom. The lowest BCUT2D eigenvalue weighted by Gasteiger charge is -2.25. The highest BCUT2D eigenvalue weighted by atomic mass is 19.1. The number of pyridine rings is 1. The van der Waals surface area contributed by atoms with Gasteiger partial charge in [-0.15, -0.1) is 0 Å². The predicted molar refractivity (Wildman–Crippen MR) is 145 cm³/mol. The number of aliphatic carboxylic acids is 1. The summed E-state index contributed by atoms with van der Waals surface area (Å²) < 4.78 is 44.9. The molecule has 1 aromatic heterocycles. The van der Waals surface area contributed by atoms with Crippen LogP contribution in [0.15, 0.2) is 30.3 Å². The lowest BCUT2D eigenvalue weighted by molar-refractivity contribution is -0.137. The van der Waals surface area contributed by atoms with Crippen LogP contribution in [0.5, 0.6) is 11.5 Å². The van der Waals surface area contributed by atoms with Crippen LogP contribution >= 0.6 is 0 Å². The number of nitrogens with zero attached hydrogens (tertiary/aromatic N) is 2. The van der Waals surface area contributed by atoms with Crippen LogP contribution in [0, 0.1) is 0 Å². The van der Waals surface area contributed by atoms with Gasteiger partial charge in [0.1, 0.15) is 42.9 Å². The van der Waals surface area contributed by atoms with Crippen LogP contribution in [0.25, 0.3) is 0 Å². The second-order valence-corrected chi connectivity index (χ2v) is 10.4. The topological polar surface area (TPSA) is 93.2 Å². The summed E-state index contributed by atoms with van der Waals surface area (Å²) >= 11 is 0. The van der Waals surface area contributed by atoms with Crippen LogP contribution in [-0.2, 0) is 22.4 Å². The number of carboxylic acids is 1. The Morgan fingerprint density at radius 1 is 1.21 bits per heavy atom. The Kier molecular flexibility index (Phi) is 10.3. The zero-order valence-electron chi connectivity index (χ0n) is 22.6. The molecule has 1 saturated heterocycles. The number of aromatic nitrogens is 1. The Hall–Kier alpha value is -2.98. The van der Waals surface area contributed by atoms with E-state index < -0.39 is 24.2 Å². The molecule has 0 aliphatic carbocycles. The fraction of sp³-hybridized carbons (Fsp3) is 0.586. The molecular formula is C29H39F2N3O5. The summed E-state index contributed by atoms with van der Waals surface area (Å²) in [6.07, 6.45) is 3.28. The third kappa shape index (κ3) is 8.50. The van der Waals surface area contributed by atoms with Crippen LogP contribution in [0.3, 0.4) is 0 Å². The van der Waals surface area contributed by atoms with Gasteiger partial charge in [-0.2, -0.15) is 0 Å². The minimum Gasteiger partial charge on any atom is -0.491 e. The van der Waals surface area contributed by atoms with Gasteiger partial charge in [-0.25, -0.2) is 13.8 Å². The first-order valence-corrected chi connectivity index (χ1v) is 13.7. The molecule has 2 aliphatic rings. The van der Waals surface area contributed by atoms with Gasteiger partial charge in [0.25, 0.3) is 0 Å². The number of halogens is 2. The second-order valence-electron chi connectivity index (χ2n) is 10.4. The maximum Gasteiger partial charge on any atom is 0.304 e. The van der Waals surface area contributed by atoms with Gasteiger partial charge in [-0.3, -0.25) is 9.69 Å². The quantitative estimate of drug-likeness (QED) is 0.317. The minimum atomic E-state index is -1.36. The van der Waals surface area contributed by atoms with Gasteiger partial charge in [-0.05, 0) is 61.4 Å². The molecule has 0 radical (unpaired) electrons. The van der Waals surface area contributed by atoms with Crippen molar-refractivity contribution in [1.82, 2.24) is 9.88 Å². The molecule has 8 nitrogen and oxygen atoms in total. The molecule has 3 heterocycles. The van der Waals surface area contributed by atoms with Gasteiger partial charge in [0.05, 0.1) is 13.0 Å². The number of ether oxygens (including phenoxy) is 3. The number of nitrogens with one attached hydrogen (secondary N) is 1. The molecule has 1 unspecified atom stereocenters.